The molecule has 0 unspecified atom stereocenters. The largest absolute Gasteiger partial charge is 0.454 e. The van der Waals surface area contributed by atoms with E-state index in [9.17, 15) is 4.79 Å². The molecule has 0 amide bonds. The number of pyridine rings is 1. The van der Waals surface area contributed by atoms with Crippen LogP contribution in [0.25, 0.3) is 10.9 Å². The van der Waals surface area contributed by atoms with Crippen molar-refractivity contribution < 1.29 is 14.2 Å². The van der Waals surface area contributed by atoms with Crippen LogP contribution in [0.5, 0.6) is 11.5 Å². The second kappa shape index (κ2) is 8.18. The summed E-state index contributed by atoms with van der Waals surface area (Å²) in [5.41, 5.74) is 1.22. The predicted molar refractivity (Wildman–Crippen MR) is 115 cm³/mol. The second-order valence-corrected chi connectivity index (χ2v) is 8.70. The number of aromatic nitrogens is 5. The fourth-order valence-electron chi connectivity index (χ4n) is 5.01. The van der Waals surface area contributed by atoms with Gasteiger partial charge in [0.25, 0.3) is 5.56 Å². The molecule has 32 heavy (non-hydrogen) atoms. The molecule has 10 nitrogen and oxygen atoms in total. The van der Waals surface area contributed by atoms with Gasteiger partial charge in [-0.05, 0) is 61.3 Å². The zero-order valence-corrected chi connectivity index (χ0v) is 17.8. The maximum Gasteiger partial charge on any atom is 0.253 e. The van der Waals surface area contributed by atoms with Crippen LogP contribution in [0, 0.1) is 0 Å². The van der Waals surface area contributed by atoms with Gasteiger partial charge >= 0.3 is 0 Å². The van der Waals surface area contributed by atoms with Crippen LogP contribution < -0.4 is 15.0 Å². The number of tetrazole rings is 1. The third-order valence-electron chi connectivity index (χ3n) is 6.62. The van der Waals surface area contributed by atoms with Gasteiger partial charge in [-0.25, -0.2) is 4.68 Å². The van der Waals surface area contributed by atoms with Gasteiger partial charge < -0.3 is 19.2 Å². The minimum absolute atomic E-state index is 0.105. The third-order valence-corrected chi connectivity index (χ3v) is 6.62. The number of benzene rings is 1. The van der Waals surface area contributed by atoms with E-state index in [1.54, 1.807) is 0 Å². The Balaban J connectivity index is 1.45. The van der Waals surface area contributed by atoms with Gasteiger partial charge in [0.05, 0.1) is 18.2 Å². The average Bonchev–Trinajstić information content (AvgIpc) is 3.57. The number of piperidine rings is 1. The van der Waals surface area contributed by atoms with Crippen LogP contribution in [0.15, 0.2) is 23.0 Å². The number of aromatic amines is 1. The highest BCUT2D eigenvalue weighted by molar-refractivity contribution is 5.83. The molecular weight excluding hydrogens is 412 g/mol. The molecule has 6 rings (SSSR count). The number of H-pyrrole nitrogens is 1. The summed E-state index contributed by atoms with van der Waals surface area (Å²) in [4.78, 5) is 18.7. The van der Waals surface area contributed by atoms with Crippen molar-refractivity contribution in [2.75, 3.05) is 26.5 Å². The van der Waals surface area contributed by atoms with E-state index in [4.69, 9.17) is 14.2 Å². The maximum atomic E-state index is 13.3. The SMILES string of the molecule is O=c1[nH]c2cc3c(cc2cc1[C@@H](c1nnnn1C[C@@H]1CCCO1)N1CCCCC1)OCO3. The first kappa shape index (κ1) is 19.7. The van der Waals surface area contributed by atoms with Crippen molar-refractivity contribution in [3.05, 3.63) is 39.9 Å². The highest BCUT2D eigenvalue weighted by atomic mass is 16.7. The molecule has 1 aromatic carbocycles. The molecule has 1 N–H and O–H groups in total. The van der Waals surface area contributed by atoms with Crippen molar-refractivity contribution in [1.82, 2.24) is 30.1 Å². The monoisotopic (exact) mass is 438 g/mol. The Morgan fingerprint density at radius 2 is 1.94 bits per heavy atom. The Hall–Kier alpha value is -2.98. The molecule has 0 spiro atoms. The zero-order chi connectivity index (χ0) is 21.5. The van der Waals surface area contributed by atoms with Gasteiger partial charge in [-0.15, -0.1) is 5.10 Å². The molecule has 2 aromatic heterocycles. The number of nitrogens with one attached hydrogen (secondary N) is 1. The molecule has 168 valence electrons. The fourth-order valence-corrected chi connectivity index (χ4v) is 5.01. The molecule has 10 heteroatoms. The number of ether oxygens (including phenoxy) is 3. The van der Waals surface area contributed by atoms with Gasteiger partial charge in [0, 0.05) is 23.6 Å². The topological polar surface area (TPSA) is 107 Å². The molecule has 2 fully saturated rings. The average molecular weight is 438 g/mol. The van der Waals surface area contributed by atoms with Crippen molar-refractivity contribution in [3.63, 3.8) is 0 Å². The van der Waals surface area contributed by atoms with Crippen molar-refractivity contribution in [2.24, 2.45) is 0 Å². The highest BCUT2D eigenvalue weighted by Crippen LogP contribution is 2.36. The van der Waals surface area contributed by atoms with E-state index in [0.29, 0.717) is 29.4 Å². The third kappa shape index (κ3) is 3.53. The van der Waals surface area contributed by atoms with Gasteiger partial charge in [-0.3, -0.25) is 9.69 Å². The van der Waals surface area contributed by atoms with Crippen LogP contribution in [0.1, 0.15) is 49.5 Å². The number of fused-ring (bicyclic) bond motifs is 2. The van der Waals surface area contributed by atoms with E-state index < -0.39 is 0 Å². The molecule has 2 saturated heterocycles. The summed E-state index contributed by atoms with van der Waals surface area (Å²) in [6.07, 6.45) is 5.54. The summed E-state index contributed by atoms with van der Waals surface area (Å²) < 4.78 is 18.6. The lowest BCUT2D eigenvalue weighted by Crippen LogP contribution is -2.39. The molecule has 0 saturated carbocycles. The summed E-state index contributed by atoms with van der Waals surface area (Å²) in [6, 6.07) is 5.35. The fraction of sp³-hybridized carbons (Fsp3) is 0.545. The van der Waals surface area contributed by atoms with Crippen molar-refractivity contribution in [1.29, 1.82) is 0 Å². The summed E-state index contributed by atoms with van der Waals surface area (Å²) in [7, 11) is 0. The summed E-state index contributed by atoms with van der Waals surface area (Å²) in [6.45, 7) is 3.36. The quantitative estimate of drug-likeness (QED) is 0.645. The Labute approximate surface area is 184 Å². The molecule has 0 bridgehead atoms. The van der Waals surface area contributed by atoms with E-state index in [1.165, 1.54) is 6.42 Å². The smallest absolute Gasteiger partial charge is 0.253 e. The lowest BCUT2D eigenvalue weighted by atomic mass is 10.00. The number of rotatable bonds is 5. The zero-order valence-electron chi connectivity index (χ0n) is 17.8. The van der Waals surface area contributed by atoms with Crippen molar-refractivity contribution in [2.45, 2.75) is 50.8 Å². The van der Waals surface area contributed by atoms with Crippen LogP contribution in [-0.2, 0) is 11.3 Å². The lowest BCUT2D eigenvalue weighted by molar-refractivity contribution is 0.0902. The molecule has 5 heterocycles. The Morgan fingerprint density at radius 3 is 2.75 bits per heavy atom. The van der Waals surface area contributed by atoms with Gasteiger partial charge in [-0.2, -0.15) is 0 Å². The van der Waals surface area contributed by atoms with E-state index in [2.05, 4.69) is 25.4 Å². The van der Waals surface area contributed by atoms with E-state index in [1.807, 2.05) is 22.9 Å². The molecular formula is C22H26N6O4. The van der Waals surface area contributed by atoms with Gasteiger partial charge in [0.1, 0.15) is 6.04 Å². The maximum absolute atomic E-state index is 13.3. The molecule has 3 aliphatic heterocycles. The molecule has 3 aliphatic rings. The molecule has 0 radical (unpaired) electrons. The van der Waals surface area contributed by atoms with Crippen LogP contribution >= 0.6 is 0 Å². The van der Waals surface area contributed by atoms with Crippen molar-refractivity contribution >= 4 is 10.9 Å². The Morgan fingerprint density at radius 1 is 1.09 bits per heavy atom. The van der Waals surface area contributed by atoms with Crippen LogP contribution in [0.2, 0.25) is 0 Å². The number of likely N-dealkylation sites (tertiary alicyclic amines) is 1. The Kier molecular flexibility index (Phi) is 5.03. The molecule has 3 aromatic rings. The van der Waals surface area contributed by atoms with Gasteiger partial charge in [0.15, 0.2) is 17.3 Å². The first-order chi connectivity index (χ1) is 15.8. The minimum atomic E-state index is -0.328. The number of hydrogen-bond acceptors (Lipinski definition) is 8. The van der Waals surface area contributed by atoms with Crippen LogP contribution in [-0.4, -0.2) is 62.7 Å². The summed E-state index contributed by atoms with van der Waals surface area (Å²) >= 11 is 0. The number of nitrogens with zero attached hydrogens (tertiary/aromatic N) is 5. The molecule has 0 aliphatic carbocycles. The standard InChI is InChI=1S/C22H26N6O4/c29-22-16(9-14-10-18-19(32-13-31-18)11-17(14)23-22)20(27-6-2-1-3-7-27)21-24-25-26-28(21)12-15-5-4-8-30-15/h9-11,15,20H,1-8,12-13H2,(H,23,29)/t15-,20-/m0/s1. The second-order valence-electron chi connectivity index (χ2n) is 8.70. The summed E-state index contributed by atoms with van der Waals surface area (Å²) in [5, 5.41) is 13.5. The van der Waals surface area contributed by atoms with E-state index in [0.717, 1.165) is 56.3 Å². The van der Waals surface area contributed by atoms with Crippen LogP contribution in [0.3, 0.4) is 0 Å². The normalized spacial score (nSPS) is 21.9. The highest BCUT2D eigenvalue weighted by Gasteiger charge is 2.32. The van der Waals surface area contributed by atoms with E-state index >= 15 is 0 Å². The minimum Gasteiger partial charge on any atom is -0.454 e. The first-order valence-corrected chi connectivity index (χ1v) is 11.3. The van der Waals surface area contributed by atoms with E-state index in [-0.39, 0.29) is 24.5 Å². The summed E-state index contributed by atoms with van der Waals surface area (Å²) in [5.74, 6) is 2.02. The van der Waals surface area contributed by atoms with Gasteiger partial charge in [-0.1, -0.05) is 6.42 Å². The predicted octanol–water partition coefficient (Wildman–Crippen LogP) is 2.00. The first-order valence-electron chi connectivity index (χ1n) is 11.3. The lowest BCUT2D eigenvalue weighted by Gasteiger charge is -2.33. The van der Waals surface area contributed by atoms with Crippen LogP contribution in [0.4, 0.5) is 0 Å². The van der Waals surface area contributed by atoms with Crippen molar-refractivity contribution in [3.8, 4) is 11.5 Å². The Bertz CT molecular complexity index is 1180. The molecule has 2 atom stereocenters. The number of hydrogen-bond donors (Lipinski definition) is 1. The van der Waals surface area contributed by atoms with Gasteiger partial charge in [0.2, 0.25) is 6.79 Å².